The average molecular weight is 304 g/mol. The second kappa shape index (κ2) is 7.19. The van der Waals surface area contributed by atoms with Crippen molar-refractivity contribution in [1.82, 2.24) is 10.3 Å². The van der Waals surface area contributed by atoms with E-state index in [1.54, 1.807) is 11.3 Å². The van der Waals surface area contributed by atoms with Crippen LogP contribution >= 0.6 is 11.3 Å². The van der Waals surface area contributed by atoms with Crippen LogP contribution < -0.4 is 11.1 Å². The second-order valence-corrected chi connectivity index (χ2v) is 5.91. The van der Waals surface area contributed by atoms with Gasteiger partial charge in [-0.2, -0.15) is 0 Å². The van der Waals surface area contributed by atoms with Gasteiger partial charge >= 0.3 is 0 Å². The van der Waals surface area contributed by atoms with Crippen molar-refractivity contribution in [2.45, 2.75) is 32.9 Å². The number of benzene rings is 1. The topological polar surface area (TPSA) is 83.5 Å². The summed E-state index contributed by atoms with van der Waals surface area (Å²) in [5, 5.41) is 16.4. The van der Waals surface area contributed by atoms with Crippen molar-refractivity contribution in [3.05, 3.63) is 51.5 Å². The maximum atomic E-state index is 8.83. The van der Waals surface area contributed by atoms with Crippen LogP contribution in [0.3, 0.4) is 0 Å². The van der Waals surface area contributed by atoms with Crippen molar-refractivity contribution in [2.75, 3.05) is 0 Å². The van der Waals surface area contributed by atoms with E-state index in [0.29, 0.717) is 6.54 Å². The number of thiazole rings is 1. The third kappa shape index (κ3) is 3.80. The molecule has 1 aromatic carbocycles. The van der Waals surface area contributed by atoms with Gasteiger partial charge in [-0.05, 0) is 18.9 Å². The highest BCUT2D eigenvalue weighted by Gasteiger charge is 2.11. The highest BCUT2D eigenvalue weighted by molar-refractivity contribution is 7.11. The molecule has 0 saturated carbocycles. The molecule has 21 heavy (non-hydrogen) atoms. The standard InChI is InChI=1S/C15H20N4OS/c1-3-12-9-18-15(21-12)10(2)17-8-11-6-4-5-7-13(11)14(16)19-20/h4-7,9-10,17,20H,3,8H2,1-2H3,(H2,16,19). The van der Waals surface area contributed by atoms with Crippen LogP contribution in [0.2, 0.25) is 0 Å². The Kier molecular flexibility index (Phi) is 5.30. The van der Waals surface area contributed by atoms with Gasteiger partial charge in [-0.25, -0.2) is 4.98 Å². The fourth-order valence-corrected chi connectivity index (χ4v) is 2.90. The molecular formula is C15H20N4OS. The number of aryl methyl sites for hydroxylation is 1. The number of oxime groups is 1. The Labute approximate surface area is 128 Å². The van der Waals surface area contributed by atoms with Gasteiger partial charge in [-0.1, -0.05) is 36.3 Å². The molecule has 1 atom stereocenters. The minimum atomic E-state index is 0.127. The fraction of sp³-hybridized carbons (Fsp3) is 0.333. The van der Waals surface area contributed by atoms with Gasteiger partial charge in [0.25, 0.3) is 0 Å². The number of aromatic nitrogens is 1. The number of hydrogen-bond acceptors (Lipinski definition) is 5. The van der Waals surface area contributed by atoms with E-state index in [9.17, 15) is 0 Å². The molecule has 0 radical (unpaired) electrons. The number of nitrogens with one attached hydrogen (secondary N) is 1. The number of hydrogen-bond donors (Lipinski definition) is 3. The first-order valence-corrected chi connectivity index (χ1v) is 7.71. The molecule has 6 heteroatoms. The molecule has 0 saturated heterocycles. The number of nitrogens with zero attached hydrogens (tertiary/aromatic N) is 2. The maximum Gasteiger partial charge on any atom is 0.170 e. The van der Waals surface area contributed by atoms with E-state index in [4.69, 9.17) is 10.9 Å². The molecule has 1 heterocycles. The van der Waals surface area contributed by atoms with E-state index in [1.807, 2.05) is 30.5 Å². The summed E-state index contributed by atoms with van der Waals surface area (Å²) in [7, 11) is 0. The lowest BCUT2D eigenvalue weighted by atomic mass is 10.1. The summed E-state index contributed by atoms with van der Waals surface area (Å²) in [6.07, 6.45) is 2.94. The van der Waals surface area contributed by atoms with Crippen molar-refractivity contribution in [3.63, 3.8) is 0 Å². The minimum absolute atomic E-state index is 0.127. The Hall–Kier alpha value is -1.92. The van der Waals surface area contributed by atoms with E-state index in [2.05, 4.69) is 29.3 Å². The Morgan fingerprint density at radius 1 is 1.48 bits per heavy atom. The molecule has 4 N–H and O–H groups in total. The third-order valence-corrected chi connectivity index (χ3v) is 4.61. The van der Waals surface area contributed by atoms with Crippen molar-refractivity contribution in [2.24, 2.45) is 10.9 Å². The Morgan fingerprint density at radius 2 is 2.24 bits per heavy atom. The zero-order valence-corrected chi connectivity index (χ0v) is 13.0. The van der Waals surface area contributed by atoms with E-state index in [1.165, 1.54) is 4.88 Å². The average Bonchev–Trinajstić information content (AvgIpc) is 3.01. The highest BCUT2D eigenvalue weighted by Crippen LogP contribution is 2.21. The first-order valence-electron chi connectivity index (χ1n) is 6.89. The van der Waals surface area contributed by atoms with E-state index < -0.39 is 0 Å². The summed E-state index contributed by atoms with van der Waals surface area (Å²) in [6.45, 7) is 4.85. The number of rotatable bonds is 6. The van der Waals surface area contributed by atoms with Crippen molar-refractivity contribution < 1.29 is 5.21 Å². The molecule has 1 aromatic heterocycles. The van der Waals surface area contributed by atoms with Gasteiger partial charge in [0.1, 0.15) is 5.01 Å². The van der Waals surface area contributed by atoms with Crippen LogP contribution in [0.25, 0.3) is 0 Å². The lowest BCUT2D eigenvalue weighted by molar-refractivity contribution is 0.318. The molecule has 0 amide bonds. The second-order valence-electron chi connectivity index (χ2n) is 4.76. The van der Waals surface area contributed by atoms with Gasteiger partial charge in [0, 0.05) is 23.2 Å². The normalized spacial score (nSPS) is 13.3. The summed E-state index contributed by atoms with van der Waals surface area (Å²) in [6, 6.07) is 7.78. The first kappa shape index (κ1) is 15.5. The van der Waals surface area contributed by atoms with Crippen LogP contribution in [-0.2, 0) is 13.0 Å². The molecular weight excluding hydrogens is 284 g/mol. The monoisotopic (exact) mass is 304 g/mol. The molecule has 0 aliphatic heterocycles. The summed E-state index contributed by atoms with van der Waals surface area (Å²) in [5.74, 6) is 0.127. The Bertz CT molecular complexity index is 624. The Morgan fingerprint density at radius 3 is 2.90 bits per heavy atom. The molecule has 0 aliphatic rings. The van der Waals surface area contributed by atoms with Crippen molar-refractivity contribution >= 4 is 17.2 Å². The lowest BCUT2D eigenvalue weighted by Gasteiger charge is -2.13. The quantitative estimate of drug-likeness (QED) is 0.331. The molecule has 112 valence electrons. The van der Waals surface area contributed by atoms with Crippen LogP contribution in [0.1, 0.15) is 40.9 Å². The molecule has 0 spiro atoms. The molecule has 0 fully saturated rings. The molecule has 1 unspecified atom stereocenters. The zero-order valence-electron chi connectivity index (χ0n) is 12.2. The SMILES string of the molecule is CCc1cnc(C(C)NCc2ccccc2/C(N)=N/O)s1. The molecule has 0 bridgehead atoms. The summed E-state index contributed by atoms with van der Waals surface area (Å²) in [5.41, 5.74) is 7.43. The van der Waals surface area contributed by atoms with Crippen LogP contribution in [0.5, 0.6) is 0 Å². The van der Waals surface area contributed by atoms with Gasteiger partial charge < -0.3 is 16.3 Å². The van der Waals surface area contributed by atoms with Gasteiger partial charge in [-0.15, -0.1) is 11.3 Å². The van der Waals surface area contributed by atoms with E-state index in [-0.39, 0.29) is 11.9 Å². The summed E-state index contributed by atoms with van der Waals surface area (Å²) in [4.78, 5) is 5.73. The molecule has 0 aliphatic carbocycles. The zero-order chi connectivity index (χ0) is 15.2. The van der Waals surface area contributed by atoms with Gasteiger partial charge in [-0.3, -0.25) is 0 Å². The predicted octanol–water partition coefficient (Wildman–Crippen LogP) is 2.65. The first-order chi connectivity index (χ1) is 10.2. The molecule has 2 rings (SSSR count). The fourth-order valence-electron chi connectivity index (χ4n) is 2.01. The smallest absolute Gasteiger partial charge is 0.170 e. The largest absolute Gasteiger partial charge is 0.409 e. The van der Waals surface area contributed by atoms with E-state index in [0.717, 1.165) is 22.6 Å². The maximum absolute atomic E-state index is 8.83. The highest BCUT2D eigenvalue weighted by atomic mass is 32.1. The Balaban J connectivity index is 2.06. The number of nitrogens with two attached hydrogens (primary N) is 1. The number of amidine groups is 1. The predicted molar refractivity (Wildman–Crippen MR) is 85.7 cm³/mol. The van der Waals surface area contributed by atoms with Crippen molar-refractivity contribution in [1.29, 1.82) is 0 Å². The van der Waals surface area contributed by atoms with E-state index >= 15 is 0 Å². The van der Waals surface area contributed by atoms with Crippen LogP contribution in [-0.4, -0.2) is 16.0 Å². The van der Waals surface area contributed by atoms with Gasteiger partial charge in [0.05, 0.1) is 6.04 Å². The van der Waals surface area contributed by atoms with Crippen molar-refractivity contribution in [3.8, 4) is 0 Å². The summed E-state index contributed by atoms with van der Waals surface area (Å²) >= 11 is 1.73. The minimum Gasteiger partial charge on any atom is -0.409 e. The summed E-state index contributed by atoms with van der Waals surface area (Å²) < 4.78 is 0. The van der Waals surface area contributed by atoms with Gasteiger partial charge in [0.2, 0.25) is 0 Å². The third-order valence-electron chi connectivity index (χ3n) is 3.29. The molecule has 2 aromatic rings. The molecule has 5 nitrogen and oxygen atoms in total. The lowest BCUT2D eigenvalue weighted by Crippen LogP contribution is -2.22. The van der Waals surface area contributed by atoms with Crippen LogP contribution in [0.15, 0.2) is 35.6 Å². The van der Waals surface area contributed by atoms with Gasteiger partial charge in [0.15, 0.2) is 5.84 Å². The van der Waals surface area contributed by atoms with Crippen LogP contribution in [0.4, 0.5) is 0 Å². The van der Waals surface area contributed by atoms with Crippen LogP contribution in [0, 0.1) is 0 Å².